The van der Waals surface area contributed by atoms with E-state index in [-0.39, 0.29) is 17.5 Å². The first-order valence-electron chi connectivity index (χ1n) is 9.49. The molecule has 0 amide bonds. The van der Waals surface area contributed by atoms with Crippen LogP contribution in [0.5, 0.6) is 0 Å². The second-order valence-corrected chi connectivity index (χ2v) is 7.76. The molecule has 0 fully saturated rings. The first-order chi connectivity index (χ1) is 15.2. The Hall–Kier alpha value is -3.27. The Morgan fingerprint density at radius 3 is 2.69 bits per heavy atom. The molecule has 4 heterocycles. The van der Waals surface area contributed by atoms with Crippen LogP contribution in [-0.2, 0) is 12.6 Å². The van der Waals surface area contributed by atoms with Crippen LogP contribution < -0.4 is 4.90 Å². The Morgan fingerprint density at radius 2 is 1.94 bits per heavy atom. The molecule has 0 bridgehead atoms. The summed E-state index contributed by atoms with van der Waals surface area (Å²) in [6, 6.07) is 4.00. The zero-order valence-corrected chi connectivity index (χ0v) is 16.8. The van der Waals surface area contributed by atoms with E-state index in [1.807, 2.05) is 0 Å². The summed E-state index contributed by atoms with van der Waals surface area (Å²) >= 11 is 5.96. The molecular weight excluding hydrogens is 453 g/mol. The lowest BCUT2D eigenvalue weighted by Gasteiger charge is -2.36. The number of pyridine rings is 1. The van der Waals surface area contributed by atoms with E-state index in [4.69, 9.17) is 11.6 Å². The van der Waals surface area contributed by atoms with Crippen molar-refractivity contribution in [1.29, 1.82) is 0 Å². The summed E-state index contributed by atoms with van der Waals surface area (Å²) in [5.74, 6) is -1.38. The Labute approximate surface area is 182 Å². The average molecular weight is 466 g/mol. The van der Waals surface area contributed by atoms with Gasteiger partial charge in [-0.2, -0.15) is 13.2 Å². The molecule has 0 spiro atoms. The van der Waals surface area contributed by atoms with Gasteiger partial charge >= 0.3 is 6.18 Å². The quantitative estimate of drug-likeness (QED) is 0.400. The maximum Gasteiger partial charge on any atom is 0.433 e. The molecule has 0 aliphatic carbocycles. The minimum atomic E-state index is -4.65. The van der Waals surface area contributed by atoms with Crippen LogP contribution in [0.1, 0.15) is 28.6 Å². The predicted octanol–water partition coefficient (Wildman–Crippen LogP) is 5.46. The SMILES string of the molecule is Fc1cncc(C2c3[nH]c4cc(F)c(Cl)cc4c3CCN2c2nccc(C(F)(F)F)n2)c1. The van der Waals surface area contributed by atoms with Gasteiger partial charge in [0.05, 0.1) is 17.3 Å². The maximum atomic E-state index is 14.0. The van der Waals surface area contributed by atoms with Gasteiger partial charge in [-0.05, 0) is 36.2 Å². The summed E-state index contributed by atoms with van der Waals surface area (Å²) in [7, 11) is 0. The third kappa shape index (κ3) is 3.44. The van der Waals surface area contributed by atoms with Crippen LogP contribution >= 0.6 is 11.6 Å². The maximum absolute atomic E-state index is 14.0. The first kappa shape index (κ1) is 20.6. The fraction of sp³-hybridized carbons (Fsp3) is 0.190. The Bertz CT molecular complexity index is 1340. The van der Waals surface area contributed by atoms with Gasteiger partial charge in [0.1, 0.15) is 17.3 Å². The largest absolute Gasteiger partial charge is 0.433 e. The van der Waals surface area contributed by atoms with E-state index in [0.717, 1.165) is 24.0 Å². The van der Waals surface area contributed by atoms with Crippen molar-refractivity contribution in [2.75, 3.05) is 11.4 Å². The number of hydrogen-bond donors (Lipinski definition) is 1. The lowest BCUT2D eigenvalue weighted by atomic mass is 9.93. The number of aromatic nitrogens is 4. The molecule has 0 saturated heterocycles. The van der Waals surface area contributed by atoms with Crippen molar-refractivity contribution in [3.05, 3.63) is 82.0 Å². The van der Waals surface area contributed by atoms with Gasteiger partial charge in [-0.25, -0.2) is 18.7 Å². The molecule has 5 nitrogen and oxygen atoms in total. The fourth-order valence-electron chi connectivity index (χ4n) is 4.07. The number of fused-ring (bicyclic) bond motifs is 3. The predicted molar refractivity (Wildman–Crippen MR) is 107 cm³/mol. The lowest BCUT2D eigenvalue weighted by molar-refractivity contribution is -0.141. The van der Waals surface area contributed by atoms with Crippen molar-refractivity contribution in [3.8, 4) is 0 Å². The molecule has 1 unspecified atom stereocenters. The van der Waals surface area contributed by atoms with Gasteiger partial charge in [-0.3, -0.25) is 4.98 Å². The van der Waals surface area contributed by atoms with E-state index in [9.17, 15) is 22.0 Å². The number of H-pyrrole nitrogens is 1. The van der Waals surface area contributed by atoms with Crippen LogP contribution in [0.3, 0.4) is 0 Å². The molecule has 1 aliphatic rings. The normalized spacial score (nSPS) is 16.4. The van der Waals surface area contributed by atoms with Crippen LogP contribution in [0.2, 0.25) is 5.02 Å². The van der Waals surface area contributed by atoms with Crippen molar-refractivity contribution in [2.45, 2.75) is 18.6 Å². The van der Waals surface area contributed by atoms with E-state index in [0.29, 0.717) is 28.6 Å². The lowest BCUT2D eigenvalue weighted by Crippen LogP contribution is -2.37. The van der Waals surface area contributed by atoms with Gasteiger partial charge in [-0.15, -0.1) is 0 Å². The number of rotatable bonds is 2. The van der Waals surface area contributed by atoms with Gasteiger partial charge in [0.2, 0.25) is 5.95 Å². The van der Waals surface area contributed by atoms with Crippen molar-refractivity contribution in [2.24, 2.45) is 0 Å². The Balaban J connectivity index is 1.71. The molecule has 164 valence electrons. The molecule has 11 heteroatoms. The highest BCUT2D eigenvalue weighted by Gasteiger charge is 2.37. The number of benzene rings is 1. The van der Waals surface area contributed by atoms with E-state index in [1.54, 1.807) is 4.90 Å². The van der Waals surface area contributed by atoms with Gasteiger partial charge < -0.3 is 9.88 Å². The molecule has 32 heavy (non-hydrogen) atoms. The summed E-state index contributed by atoms with van der Waals surface area (Å²) in [6.45, 7) is 0.234. The zero-order valence-electron chi connectivity index (χ0n) is 16.1. The smallest absolute Gasteiger partial charge is 0.356 e. The van der Waals surface area contributed by atoms with Crippen LogP contribution in [0.15, 0.2) is 42.9 Å². The third-order valence-electron chi connectivity index (χ3n) is 5.40. The summed E-state index contributed by atoms with van der Waals surface area (Å²) in [5.41, 5.74) is 1.12. The summed E-state index contributed by atoms with van der Waals surface area (Å²) in [5, 5.41) is 0.636. The molecule has 1 aliphatic heterocycles. The molecule has 3 aromatic heterocycles. The molecule has 1 atom stereocenters. The monoisotopic (exact) mass is 465 g/mol. The zero-order chi connectivity index (χ0) is 22.6. The summed E-state index contributed by atoms with van der Waals surface area (Å²) < 4.78 is 67.8. The van der Waals surface area contributed by atoms with Crippen molar-refractivity contribution in [3.63, 3.8) is 0 Å². The van der Waals surface area contributed by atoms with Crippen LogP contribution in [0.25, 0.3) is 10.9 Å². The van der Waals surface area contributed by atoms with E-state index < -0.39 is 29.5 Å². The number of anilines is 1. The number of aromatic amines is 1. The van der Waals surface area contributed by atoms with Crippen LogP contribution in [-0.4, -0.2) is 26.5 Å². The minimum absolute atomic E-state index is 0.0492. The van der Waals surface area contributed by atoms with Gasteiger partial charge in [0.25, 0.3) is 0 Å². The number of nitrogens with zero attached hydrogens (tertiary/aromatic N) is 4. The first-order valence-corrected chi connectivity index (χ1v) is 9.87. The minimum Gasteiger partial charge on any atom is -0.356 e. The summed E-state index contributed by atoms with van der Waals surface area (Å²) in [4.78, 5) is 16.3. The van der Waals surface area contributed by atoms with E-state index in [1.165, 1.54) is 24.4 Å². The number of hydrogen-bond acceptors (Lipinski definition) is 4. The third-order valence-corrected chi connectivity index (χ3v) is 5.69. The van der Waals surface area contributed by atoms with Crippen molar-refractivity contribution in [1.82, 2.24) is 19.9 Å². The van der Waals surface area contributed by atoms with Crippen LogP contribution in [0, 0.1) is 11.6 Å². The second-order valence-electron chi connectivity index (χ2n) is 7.35. The second kappa shape index (κ2) is 7.40. The van der Waals surface area contributed by atoms with E-state index in [2.05, 4.69) is 19.9 Å². The summed E-state index contributed by atoms with van der Waals surface area (Å²) in [6.07, 6.45) is -0.775. The van der Waals surface area contributed by atoms with Gasteiger partial charge in [0.15, 0.2) is 0 Å². The topological polar surface area (TPSA) is 57.7 Å². The molecule has 1 aromatic carbocycles. The number of nitrogens with one attached hydrogen (secondary N) is 1. The van der Waals surface area contributed by atoms with Crippen molar-refractivity contribution < 1.29 is 22.0 Å². The molecule has 4 aromatic rings. The highest BCUT2D eigenvalue weighted by atomic mass is 35.5. The molecule has 0 saturated carbocycles. The Kier molecular flexibility index (Phi) is 4.77. The molecule has 0 radical (unpaired) electrons. The standard InChI is InChI=1S/C21H13ClF5N5/c22-14-6-13-12-2-4-32(20-29-3-1-17(31-20)21(25,26)27)19(10-5-11(23)9-28-8-10)18(12)30-16(13)7-15(14)24/h1,3,5-9,19,30H,2,4H2. The van der Waals surface area contributed by atoms with Gasteiger partial charge in [-0.1, -0.05) is 11.6 Å². The average Bonchev–Trinajstić information content (AvgIpc) is 3.10. The van der Waals surface area contributed by atoms with Crippen LogP contribution in [0.4, 0.5) is 27.9 Å². The van der Waals surface area contributed by atoms with E-state index >= 15 is 0 Å². The van der Waals surface area contributed by atoms with Gasteiger partial charge in [0, 0.05) is 41.1 Å². The number of halogens is 6. The number of alkyl halides is 3. The molecule has 5 rings (SSSR count). The molecular formula is C21H13ClF5N5. The fourth-order valence-corrected chi connectivity index (χ4v) is 4.23. The highest BCUT2D eigenvalue weighted by molar-refractivity contribution is 6.31. The highest BCUT2D eigenvalue weighted by Crippen LogP contribution is 2.41. The Morgan fingerprint density at radius 1 is 1.12 bits per heavy atom. The molecule has 1 N–H and O–H groups in total. The van der Waals surface area contributed by atoms with Crippen molar-refractivity contribution >= 4 is 28.5 Å².